The number of hydrogen-bond acceptors (Lipinski definition) is 3. The third-order valence-electron chi connectivity index (χ3n) is 4.40. The molecule has 0 spiro atoms. The van der Waals surface area contributed by atoms with Gasteiger partial charge < -0.3 is 15.3 Å². The lowest BCUT2D eigenvalue weighted by atomic mass is 10.1. The lowest BCUT2D eigenvalue weighted by molar-refractivity contribution is 0.230. The lowest BCUT2D eigenvalue weighted by Gasteiger charge is -2.24. The number of rotatable bonds is 3. The summed E-state index contributed by atoms with van der Waals surface area (Å²) in [5, 5.41) is 13.4. The van der Waals surface area contributed by atoms with Crippen molar-refractivity contribution in [1.29, 1.82) is 0 Å². The Kier molecular flexibility index (Phi) is 4.92. The summed E-state index contributed by atoms with van der Waals surface area (Å²) in [6, 6.07) is 5.11. The van der Waals surface area contributed by atoms with Crippen LogP contribution in [0.4, 0.5) is 5.69 Å². The molecular formula is C17H28N2O. The smallest absolute Gasteiger partial charge is 0.118 e. The highest BCUT2D eigenvalue weighted by atomic mass is 16.3. The molecule has 0 bridgehead atoms. The number of nitrogens with one attached hydrogen (secondary N) is 1. The fourth-order valence-corrected chi connectivity index (χ4v) is 2.96. The molecule has 3 heteroatoms. The van der Waals surface area contributed by atoms with E-state index in [4.69, 9.17) is 0 Å². The minimum Gasteiger partial charge on any atom is -0.508 e. The predicted octanol–water partition coefficient (Wildman–Crippen LogP) is 3.68. The molecule has 0 aliphatic carbocycles. The minimum absolute atomic E-state index is 0.389. The van der Waals surface area contributed by atoms with Crippen molar-refractivity contribution in [2.24, 2.45) is 0 Å². The van der Waals surface area contributed by atoms with Crippen molar-refractivity contribution in [3.63, 3.8) is 0 Å². The van der Waals surface area contributed by atoms with Crippen LogP contribution >= 0.6 is 0 Å². The van der Waals surface area contributed by atoms with Crippen LogP contribution in [0.3, 0.4) is 0 Å². The van der Waals surface area contributed by atoms with Gasteiger partial charge in [-0.25, -0.2) is 0 Å². The van der Waals surface area contributed by atoms with Crippen molar-refractivity contribution in [1.82, 2.24) is 4.90 Å². The van der Waals surface area contributed by atoms with Gasteiger partial charge in [-0.1, -0.05) is 0 Å². The van der Waals surface area contributed by atoms with E-state index in [1.165, 1.54) is 38.0 Å². The van der Waals surface area contributed by atoms with E-state index in [-0.39, 0.29) is 0 Å². The third kappa shape index (κ3) is 3.66. The number of anilines is 1. The number of phenols is 1. The molecule has 0 aromatic heterocycles. The second-order valence-corrected chi connectivity index (χ2v) is 6.36. The Morgan fingerprint density at radius 3 is 2.60 bits per heavy atom. The molecule has 0 saturated carbocycles. The molecule has 1 aliphatic heterocycles. The summed E-state index contributed by atoms with van der Waals surface area (Å²) < 4.78 is 0. The van der Waals surface area contributed by atoms with E-state index in [0.29, 0.717) is 17.8 Å². The van der Waals surface area contributed by atoms with Gasteiger partial charge in [0, 0.05) is 24.3 Å². The van der Waals surface area contributed by atoms with E-state index < -0.39 is 0 Å². The third-order valence-corrected chi connectivity index (χ3v) is 4.40. The average molecular weight is 276 g/mol. The Labute approximate surface area is 123 Å². The van der Waals surface area contributed by atoms with Crippen LogP contribution < -0.4 is 5.32 Å². The molecule has 1 aromatic carbocycles. The van der Waals surface area contributed by atoms with Crippen molar-refractivity contribution in [3.05, 3.63) is 23.3 Å². The first-order valence-electron chi connectivity index (χ1n) is 7.78. The lowest BCUT2D eigenvalue weighted by Crippen LogP contribution is -2.32. The topological polar surface area (TPSA) is 35.5 Å². The van der Waals surface area contributed by atoms with Crippen LogP contribution in [0.15, 0.2) is 12.1 Å². The fraction of sp³-hybridized carbons (Fsp3) is 0.647. The van der Waals surface area contributed by atoms with Crippen molar-refractivity contribution in [3.8, 4) is 5.75 Å². The summed E-state index contributed by atoms with van der Waals surface area (Å²) in [7, 11) is 0. The zero-order valence-electron chi connectivity index (χ0n) is 13.2. The molecule has 1 unspecified atom stereocenters. The quantitative estimate of drug-likeness (QED) is 0.827. The van der Waals surface area contributed by atoms with E-state index in [0.717, 1.165) is 11.1 Å². The Bertz CT molecular complexity index is 457. The van der Waals surface area contributed by atoms with Gasteiger partial charge in [-0.15, -0.1) is 0 Å². The number of aryl methyl sites for hydroxylation is 2. The van der Waals surface area contributed by atoms with Crippen LogP contribution in [0.1, 0.15) is 44.2 Å². The minimum atomic E-state index is 0.389. The molecule has 3 nitrogen and oxygen atoms in total. The molecule has 1 aliphatic rings. The maximum Gasteiger partial charge on any atom is 0.118 e. The molecule has 112 valence electrons. The predicted molar refractivity (Wildman–Crippen MR) is 85.6 cm³/mol. The van der Waals surface area contributed by atoms with Crippen LogP contribution in [-0.2, 0) is 0 Å². The highest BCUT2D eigenvalue weighted by Crippen LogP contribution is 2.27. The molecule has 0 amide bonds. The number of nitrogens with zero attached hydrogens (tertiary/aromatic N) is 1. The Morgan fingerprint density at radius 1 is 1.15 bits per heavy atom. The van der Waals surface area contributed by atoms with Crippen molar-refractivity contribution < 1.29 is 5.11 Å². The van der Waals surface area contributed by atoms with E-state index in [9.17, 15) is 5.11 Å². The van der Waals surface area contributed by atoms with E-state index >= 15 is 0 Å². The SMILES string of the molecule is Cc1cc(NC2CCCN(C(C)C)CC2)c(C)cc1O. The molecular weight excluding hydrogens is 248 g/mol. The summed E-state index contributed by atoms with van der Waals surface area (Å²) in [6.45, 7) is 10.9. The summed E-state index contributed by atoms with van der Waals surface area (Å²) in [5.74, 6) is 0.389. The van der Waals surface area contributed by atoms with Gasteiger partial charge in [0.05, 0.1) is 0 Å². The van der Waals surface area contributed by atoms with Gasteiger partial charge >= 0.3 is 0 Å². The number of phenolic OH excluding ortho intramolecular Hbond substituents is 1. The van der Waals surface area contributed by atoms with Gasteiger partial charge in [0.1, 0.15) is 5.75 Å². The molecule has 1 atom stereocenters. The molecule has 2 N–H and O–H groups in total. The standard InChI is InChI=1S/C17H28N2O/c1-12(2)19-8-5-6-15(7-9-19)18-16-10-14(4)17(20)11-13(16)3/h10-12,15,18,20H,5-9H2,1-4H3. The Morgan fingerprint density at radius 2 is 1.90 bits per heavy atom. The molecule has 1 fully saturated rings. The summed E-state index contributed by atoms with van der Waals surface area (Å²) in [6.07, 6.45) is 3.67. The van der Waals surface area contributed by atoms with Crippen LogP contribution in [-0.4, -0.2) is 35.2 Å². The maximum atomic E-state index is 9.74. The molecule has 2 rings (SSSR count). The molecule has 20 heavy (non-hydrogen) atoms. The van der Waals surface area contributed by atoms with Crippen molar-refractivity contribution >= 4 is 5.69 Å². The van der Waals surface area contributed by atoms with Gasteiger partial charge in [-0.3, -0.25) is 0 Å². The summed E-state index contributed by atoms with van der Waals surface area (Å²) in [4.78, 5) is 2.57. The molecule has 1 saturated heterocycles. The Hall–Kier alpha value is -1.22. The largest absolute Gasteiger partial charge is 0.508 e. The van der Waals surface area contributed by atoms with Crippen LogP contribution in [0, 0.1) is 13.8 Å². The van der Waals surface area contributed by atoms with Gasteiger partial charge in [0.25, 0.3) is 0 Å². The summed E-state index contributed by atoms with van der Waals surface area (Å²) in [5.41, 5.74) is 3.23. The zero-order valence-corrected chi connectivity index (χ0v) is 13.2. The number of hydrogen-bond donors (Lipinski definition) is 2. The molecule has 1 heterocycles. The first-order chi connectivity index (χ1) is 9.47. The number of aromatic hydroxyl groups is 1. The Balaban J connectivity index is 2.02. The second-order valence-electron chi connectivity index (χ2n) is 6.36. The normalized spacial score (nSPS) is 20.9. The van der Waals surface area contributed by atoms with E-state index in [2.05, 4.69) is 37.1 Å². The van der Waals surface area contributed by atoms with Gasteiger partial charge in [-0.2, -0.15) is 0 Å². The molecule has 1 aromatic rings. The molecule has 0 radical (unpaired) electrons. The van der Waals surface area contributed by atoms with E-state index in [1.807, 2.05) is 13.0 Å². The summed E-state index contributed by atoms with van der Waals surface area (Å²) >= 11 is 0. The van der Waals surface area contributed by atoms with Crippen LogP contribution in [0.2, 0.25) is 0 Å². The van der Waals surface area contributed by atoms with E-state index in [1.54, 1.807) is 0 Å². The van der Waals surface area contributed by atoms with Gasteiger partial charge in [-0.05, 0) is 76.8 Å². The number of benzene rings is 1. The van der Waals surface area contributed by atoms with Gasteiger partial charge in [0.15, 0.2) is 0 Å². The fourth-order valence-electron chi connectivity index (χ4n) is 2.96. The van der Waals surface area contributed by atoms with Crippen molar-refractivity contribution in [2.75, 3.05) is 18.4 Å². The first kappa shape index (κ1) is 15.2. The maximum absolute atomic E-state index is 9.74. The highest BCUT2D eigenvalue weighted by molar-refractivity contribution is 5.57. The van der Waals surface area contributed by atoms with Crippen LogP contribution in [0.5, 0.6) is 5.75 Å². The van der Waals surface area contributed by atoms with Gasteiger partial charge in [0.2, 0.25) is 0 Å². The average Bonchev–Trinajstić information content (AvgIpc) is 2.61. The van der Waals surface area contributed by atoms with Crippen LogP contribution in [0.25, 0.3) is 0 Å². The number of likely N-dealkylation sites (tertiary alicyclic amines) is 1. The second kappa shape index (κ2) is 6.49. The first-order valence-corrected chi connectivity index (χ1v) is 7.78. The monoisotopic (exact) mass is 276 g/mol. The highest BCUT2D eigenvalue weighted by Gasteiger charge is 2.19. The zero-order chi connectivity index (χ0) is 14.7. The van der Waals surface area contributed by atoms with Crippen molar-refractivity contribution in [2.45, 2.75) is 59.0 Å².